The number of carbonyl (C=O) groups is 1. The first-order valence-electron chi connectivity index (χ1n) is 16.3. The molecule has 1 amide bonds. The van der Waals surface area contributed by atoms with Gasteiger partial charge in [0, 0.05) is 6.42 Å². The van der Waals surface area contributed by atoms with Gasteiger partial charge in [-0.3, -0.25) is 0 Å². The van der Waals surface area contributed by atoms with Crippen molar-refractivity contribution in [2.24, 2.45) is 46.3 Å². The highest BCUT2D eigenvalue weighted by atomic mass is 32.2. The van der Waals surface area contributed by atoms with Crippen LogP contribution < -0.4 is 4.72 Å². The number of rotatable bonds is 8. The SMILES string of the molecule is Cc1ccc(S(=O)(=O)NC(=O)O[C@H]2CC[C@@]3(C)C(=CC[C@@H]4[C@H]5CC[C@@H]([C@H](C)CCCC(C)C)[C@@]5(C)CC[C@H]43)C2)cc1. The predicted octanol–water partition coefficient (Wildman–Crippen LogP) is 8.82. The number of sulfonamides is 1. The fraction of sp³-hybridized carbons (Fsp3) is 0.743. The molecule has 4 aliphatic rings. The van der Waals surface area contributed by atoms with Crippen molar-refractivity contribution in [3.63, 3.8) is 0 Å². The van der Waals surface area contributed by atoms with Gasteiger partial charge < -0.3 is 4.74 Å². The monoisotopic (exact) mass is 583 g/mol. The molecule has 4 aliphatic carbocycles. The Bertz CT molecular complexity index is 1240. The van der Waals surface area contributed by atoms with Gasteiger partial charge in [-0.05, 0) is 110 Å². The Balaban J connectivity index is 1.21. The summed E-state index contributed by atoms with van der Waals surface area (Å²) in [7, 11) is -3.95. The Kier molecular flexibility index (Phi) is 8.74. The van der Waals surface area contributed by atoms with Gasteiger partial charge in [0.25, 0.3) is 10.0 Å². The smallest absolute Gasteiger partial charge is 0.421 e. The van der Waals surface area contributed by atoms with E-state index in [-0.39, 0.29) is 16.4 Å². The molecule has 1 N–H and O–H groups in total. The number of fused-ring (bicyclic) bond motifs is 5. The largest absolute Gasteiger partial charge is 0.445 e. The molecule has 8 atom stereocenters. The van der Waals surface area contributed by atoms with E-state index in [1.165, 1.54) is 62.7 Å². The number of hydrogen-bond donors (Lipinski definition) is 1. The molecule has 5 rings (SSSR count). The summed E-state index contributed by atoms with van der Waals surface area (Å²) in [5, 5.41) is 0. The second kappa shape index (κ2) is 11.7. The highest BCUT2D eigenvalue weighted by Gasteiger charge is 2.59. The molecule has 228 valence electrons. The molecule has 0 heterocycles. The summed E-state index contributed by atoms with van der Waals surface area (Å²) in [6, 6.07) is 6.46. The third-order valence-corrected chi connectivity index (χ3v) is 13.4. The fourth-order valence-corrected chi connectivity index (χ4v) is 10.7. The number of nitrogens with one attached hydrogen (secondary N) is 1. The zero-order chi connectivity index (χ0) is 29.6. The van der Waals surface area contributed by atoms with E-state index in [0.29, 0.717) is 11.3 Å². The fourth-order valence-electron chi connectivity index (χ4n) is 9.81. The summed E-state index contributed by atoms with van der Waals surface area (Å²) in [4.78, 5) is 12.7. The van der Waals surface area contributed by atoms with Crippen molar-refractivity contribution in [3.8, 4) is 0 Å². The van der Waals surface area contributed by atoms with Gasteiger partial charge in [-0.2, -0.15) is 0 Å². The maximum absolute atomic E-state index is 12.7. The summed E-state index contributed by atoms with van der Waals surface area (Å²) in [6.45, 7) is 14.2. The van der Waals surface area contributed by atoms with Gasteiger partial charge in [-0.25, -0.2) is 17.9 Å². The summed E-state index contributed by atoms with van der Waals surface area (Å²) in [5.74, 6) is 4.76. The normalized spacial score (nSPS) is 35.6. The van der Waals surface area contributed by atoms with Crippen LogP contribution in [0.15, 0.2) is 40.8 Å². The van der Waals surface area contributed by atoms with Gasteiger partial charge in [0.15, 0.2) is 0 Å². The van der Waals surface area contributed by atoms with Crippen LogP contribution in [-0.2, 0) is 14.8 Å². The van der Waals surface area contributed by atoms with E-state index >= 15 is 0 Å². The van der Waals surface area contributed by atoms with Crippen molar-refractivity contribution in [2.75, 3.05) is 0 Å². The number of carbonyl (C=O) groups excluding carboxylic acids is 1. The second-order valence-corrected chi connectivity index (χ2v) is 16.7. The van der Waals surface area contributed by atoms with Crippen LogP contribution in [0.1, 0.15) is 111 Å². The molecule has 0 aromatic heterocycles. The Morgan fingerprint density at radius 1 is 1.00 bits per heavy atom. The van der Waals surface area contributed by atoms with Crippen molar-refractivity contribution < 1.29 is 17.9 Å². The first kappa shape index (κ1) is 30.6. The standard InChI is InChI=1S/C35H53NO4S/c1-23(2)8-7-9-25(4)30-16-17-31-29-15-12-26-22-27(18-20-34(26,5)32(29)19-21-35(30,31)6)40-33(37)36-41(38,39)28-13-10-24(3)11-14-28/h10-14,23,25,27,29-32H,7-9,15-22H2,1-6H3,(H,36,37)/t25-,27+,29-,30+,31-,32-,34+,35-/m1/s1. The lowest BCUT2D eigenvalue weighted by molar-refractivity contribution is -0.0579. The summed E-state index contributed by atoms with van der Waals surface area (Å²) >= 11 is 0. The van der Waals surface area contributed by atoms with Crippen LogP contribution in [0.5, 0.6) is 0 Å². The zero-order valence-electron chi connectivity index (χ0n) is 26.2. The van der Waals surface area contributed by atoms with Crippen molar-refractivity contribution in [2.45, 2.75) is 123 Å². The molecule has 6 heteroatoms. The minimum atomic E-state index is -3.95. The van der Waals surface area contributed by atoms with Gasteiger partial charge in [0.2, 0.25) is 0 Å². The second-order valence-electron chi connectivity index (χ2n) is 15.0. The first-order chi connectivity index (χ1) is 19.3. The van der Waals surface area contributed by atoms with Crippen LogP contribution >= 0.6 is 0 Å². The first-order valence-corrected chi connectivity index (χ1v) is 17.8. The molecular weight excluding hydrogens is 530 g/mol. The lowest BCUT2D eigenvalue weighted by Gasteiger charge is -2.58. The Labute approximate surface area is 249 Å². The van der Waals surface area contributed by atoms with E-state index in [1.54, 1.807) is 12.1 Å². The Morgan fingerprint density at radius 3 is 2.44 bits per heavy atom. The Hall–Kier alpha value is -1.82. The van der Waals surface area contributed by atoms with Crippen LogP contribution in [0.4, 0.5) is 4.79 Å². The molecule has 5 nitrogen and oxygen atoms in total. The molecule has 0 saturated heterocycles. The summed E-state index contributed by atoms with van der Waals surface area (Å²) in [6.07, 6.45) is 14.5. The molecule has 0 unspecified atom stereocenters. The molecule has 0 spiro atoms. The van der Waals surface area contributed by atoms with Gasteiger partial charge in [0.1, 0.15) is 6.10 Å². The van der Waals surface area contributed by atoms with Crippen molar-refractivity contribution in [1.82, 2.24) is 4.72 Å². The maximum Gasteiger partial charge on any atom is 0.421 e. The minimum Gasteiger partial charge on any atom is -0.445 e. The van der Waals surface area contributed by atoms with Crippen LogP contribution in [0.25, 0.3) is 0 Å². The van der Waals surface area contributed by atoms with E-state index in [0.717, 1.165) is 60.8 Å². The van der Waals surface area contributed by atoms with Gasteiger partial charge in [0.05, 0.1) is 4.90 Å². The molecule has 41 heavy (non-hydrogen) atoms. The Morgan fingerprint density at radius 2 is 1.73 bits per heavy atom. The number of allylic oxidation sites excluding steroid dienone is 1. The lowest BCUT2D eigenvalue weighted by atomic mass is 9.47. The van der Waals surface area contributed by atoms with E-state index in [4.69, 9.17) is 4.74 Å². The molecular formula is C35H53NO4S. The zero-order valence-corrected chi connectivity index (χ0v) is 27.1. The number of hydrogen-bond acceptors (Lipinski definition) is 4. The van der Waals surface area contributed by atoms with Crippen LogP contribution in [-0.4, -0.2) is 20.6 Å². The highest BCUT2D eigenvalue weighted by molar-refractivity contribution is 7.90. The minimum absolute atomic E-state index is 0.0701. The van der Waals surface area contributed by atoms with E-state index in [9.17, 15) is 13.2 Å². The van der Waals surface area contributed by atoms with Crippen molar-refractivity contribution >= 4 is 16.1 Å². The molecule has 3 fully saturated rings. The van der Waals surface area contributed by atoms with Crippen LogP contribution in [0.3, 0.4) is 0 Å². The lowest BCUT2D eigenvalue weighted by Crippen LogP contribution is -2.51. The predicted molar refractivity (Wildman–Crippen MR) is 165 cm³/mol. The average molecular weight is 584 g/mol. The molecule has 3 saturated carbocycles. The number of benzene rings is 1. The quantitative estimate of drug-likeness (QED) is 0.310. The highest BCUT2D eigenvalue weighted by Crippen LogP contribution is 2.67. The third-order valence-electron chi connectivity index (χ3n) is 12.1. The van der Waals surface area contributed by atoms with Crippen LogP contribution in [0.2, 0.25) is 0 Å². The topological polar surface area (TPSA) is 72.5 Å². The third kappa shape index (κ3) is 6.01. The summed E-state index contributed by atoms with van der Waals surface area (Å²) in [5.41, 5.74) is 3.03. The number of ether oxygens (including phenoxy) is 1. The van der Waals surface area contributed by atoms with Crippen molar-refractivity contribution in [1.29, 1.82) is 0 Å². The van der Waals surface area contributed by atoms with Crippen molar-refractivity contribution in [3.05, 3.63) is 41.5 Å². The average Bonchev–Trinajstić information content (AvgIpc) is 3.26. The number of amides is 1. The van der Waals surface area contributed by atoms with Gasteiger partial charge in [-0.15, -0.1) is 0 Å². The molecule has 0 radical (unpaired) electrons. The van der Waals surface area contributed by atoms with E-state index in [2.05, 4.69) is 45.4 Å². The molecule has 0 bridgehead atoms. The van der Waals surface area contributed by atoms with E-state index < -0.39 is 16.1 Å². The maximum atomic E-state index is 12.7. The molecule has 1 aromatic rings. The summed E-state index contributed by atoms with van der Waals surface area (Å²) < 4.78 is 33.2. The van der Waals surface area contributed by atoms with Gasteiger partial charge >= 0.3 is 6.09 Å². The molecule has 1 aromatic carbocycles. The van der Waals surface area contributed by atoms with Gasteiger partial charge in [-0.1, -0.05) is 83.2 Å². The van der Waals surface area contributed by atoms with E-state index in [1.807, 2.05) is 6.92 Å². The molecule has 0 aliphatic heterocycles. The van der Waals surface area contributed by atoms with Crippen LogP contribution in [0, 0.1) is 53.3 Å². The number of aryl methyl sites for hydroxylation is 1.